The number of carbonyl (C=O) groups is 2. The van der Waals surface area contributed by atoms with Gasteiger partial charge < -0.3 is 9.80 Å². The highest BCUT2D eigenvalue weighted by molar-refractivity contribution is 5.98. The largest absolute Gasteiger partial charge is 0.362 e. The molecule has 7 heteroatoms. The Hall–Kier alpha value is -3.22. The van der Waals surface area contributed by atoms with Crippen molar-refractivity contribution >= 4 is 23.1 Å². The predicted octanol–water partition coefficient (Wildman–Crippen LogP) is 3.86. The lowest BCUT2D eigenvalue weighted by Crippen LogP contribution is -2.49. The van der Waals surface area contributed by atoms with Gasteiger partial charge in [0.2, 0.25) is 5.91 Å². The normalized spacial score (nSPS) is 13.9. The summed E-state index contributed by atoms with van der Waals surface area (Å²) in [6.45, 7) is 4.16. The van der Waals surface area contributed by atoms with Crippen molar-refractivity contribution in [3.8, 4) is 0 Å². The van der Waals surface area contributed by atoms with Gasteiger partial charge in [-0.3, -0.25) is 19.7 Å². The minimum absolute atomic E-state index is 0.0232. The van der Waals surface area contributed by atoms with Crippen LogP contribution in [-0.2, 0) is 11.2 Å². The zero-order valence-electron chi connectivity index (χ0n) is 17.3. The summed E-state index contributed by atoms with van der Waals surface area (Å²) in [6.07, 6.45) is 2.43. The van der Waals surface area contributed by atoms with E-state index in [0.717, 1.165) is 12.8 Å². The maximum atomic E-state index is 12.5. The number of ketones is 1. The first-order valence-electron chi connectivity index (χ1n) is 10.4. The fraction of sp³-hybridized carbons (Fsp3) is 0.391. The summed E-state index contributed by atoms with van der Waals surface area (Å²) in [6, 6.07) is 14.3. The van der Waals surface area contributed by atoms with Crippen LogP contribution in [0.25, 0.3) is 0 Å². The molecule has 1 fully saturated rings. The molecule has 7 nitrogen and oxygen atoms in total. The summed E-state index contributed by atoms with van der Waals surface area (Å²) < 4.78 is 0. The maximum absolute atomic E-state index is 12.5. The third kappa shape index (κ3) is 5.23. The Morgan fingerprint density at radius 3 is 2.27 bits per heavy atom. The van der Waals surface area contributed by atoms with Crippen LogP contribution in [-0.4, -0.2) is 47.7 Å². The van der Waals surface area contributed by atoms with Gasteiger partial charge in [0.15, 0.2) is 5.78 Å². The lowest BCUT2D eigenvalue weighted by atomic mass is 10.0. The van der Waals surface area contributed by atoms with Gasteiger partial charge in [-0.05, 0) is 18.1 Å². The summed E-state index contributed by atoms with van der Waals surface area (Å²) in [5.41, 5.74) is 2.51. The minimum atomic E-state index is -0.382. The fourth-order valence-electron chi connectivity index (χ4n) is 3.75. The number of Topliss-reactive ketones (excluding diaryl/α,β-unsaturated/α-hetero) is 1. The molecule has 0 unspecified atom stereocenters. The van der Waals surface area contributed by atoms with Crippen LogP contribution >= 0.6 is 0 Å². The van der Waals surface area contributed by atoms with Crippen LogP contribution in [0, 0.1) is 10.1 Å². The Morgan fingerprint density at radius 1 is 0.967 bits per heavy atom. The number of amides is 1. The van der Waals surface area contributed by atoms with Crippen molar-refractivity contribution in [2.45, 2.75) is 32.6 Å². The molecule has 0 aromatic heterocycles. The number of nitro groups is 1. The molecule has 0 bridgehead atoms. The smallest absolute Gasteiger partial charge is 0.292 e. The van der Waals surface area contributed by atoms with Crippen LogP contribution in [0.2, 0.25) is 0 Å². The van der Waals surface area contributed by atoms with Crippen molar-refractivity contribution in [2.75, 3.05) is 31.1 Å². The van der Waals surface area contributed by atoms with Crippen molar-refractivity contribution < 1.29 is 14.5 Å². The Labute approximate surface area is 176 Å². The molecule has 0 radical (unpaired) electrons. The Kier molecular flexibility index (Phi) is 7.17. The van der Waals surface area contributed by atoms with Gasteiger partial charge in [-0.2, -0.15) is 0 Å². The van der Waals surface area contributed by atoms with E-state index in [2.05, 4.69) is 6.92 Å². The van der Waals surface area contributed by atoms with Crippen molar-refractivity contribution in [3.63, 3.8) is 0 Å². The first kappa shape index (κ1) is 21.5. The predicted molar refractivity (Wildman–Crippen MR) is 116 cm³/mol. The van der Waals surface area contributed by atoms with Gasteiger partial charge in [-0.25, -0.2) is 0 Å². The molecule has 1 aliphatic rings. The first-order chi connectivity index (χ1) is 14.5. The molecule has 0 saturated carbocycles. The lowest BCUT2D eigenvalue weighted by Gasteiger charge is -2.35. The molecule has 30 heavy (non-hydrogen) atoms. The molecular formula is C23H27N3O4. The summed E-state index contributed by atoms with van der Waals surface area (Å²) in [4.78, 5) is 39.5. The van der Waals surface area contributed by atoms with Crippen LogP contribution in [0.15, 0.2) is 48.5 Å². The number of nitro benzene ring substituents is 1. The van der Waals surface area contributed by atoms with E-state index in [1.807, 2.05) is 29.2 Å². The van der Waals surface area contributed by atoms with Gasteiger partial charge in [0, 0.05) is 50.7 Å². The van der Waals surface area contributed by atoms with Gasteiger partial charge >= 0.3 is 0 Å². The van der Waals surface area contributed by atoms with Crippen LogP contribution in [0.1, 0.15) is 42.1 Å². The second-order valence-corrected chi connectivity index (χ2v) is 7.48. The van der Waals surface area contributed by atoms with E-state index in [0.29, 0.717) is 37.4 Å². The molecule has 1 heterocycles. The van der Waals surface area contributed by atoms with Gasteiger partial charge in [0.05, 0.1) is 4.92 Å². The SMILES string of the molecule is CCCc1ccc(C(=O)CCC(=O)N2CCN(c3ccccc3[N+](=O)[O-])CC2)cc1. The van der Waals surface area contributed by atoms with Crippen molar-refractivity contribution in [3.05, 3.63) is 69.8 Å². The van der Waals surface area contributed by atoms with Gasteiger partial charge in [-0.1, -0.05) is 49.7 Å². The van der Waals surface area contributed by atoms with E-state index < -0.39 is 0 Å². The Morgan fingerprint density at radius 2 is 1.63 bits per heavy atom. The summed E-state index contributed by atoms with van der Waals surface area (Å²) in [5.74, 6) is -0.0712. The standard InChI is InChI=1S/C23H27N3O4/c1-2-5-18-8-10-19(11-9-18)22(27)12-13-23(28)25-16-14-24(15-17-25)20-6-3-4-7-21(20)26(29)30/h3-4,6-11H,2,5,12-17H2,1H3. The number of para-hydroxylation sites is 2. The number of carbonyl (C=O) groups excluding carboxylic acids is 2. The van der Waals surface area contributed by atoms with Crippen LogP contribution in [0.4, 0.5) is 11.4 Å². The number of benzene rings is 2. The molecule has 1 amide bonds. The topological polar surface area (TPSA) is 83.8 Å². The van der Waals surface area contributed by atoms with E-state index in [1.165, 1.54) is 11.6 Å². The molecule has 3 rings (SSSR count). The zero-order chi connectivity index (χ0) is 21.5. The van der Waals surface area contributed by atoms with E-state index >= 15 is 0 Å². The average Bonchev–Trinajstić information content (AvgIpc) is 2.78. The van der Waals surface area contributed by atoms with E-state index in [1.54, 1.807) is 23.1 Å². The number of nitrogens with zero attached hydrogens (tertiary/aromatic N) is 3. The third-order valence-corrected chi connectivity index (χ3v) is 5.43. The van der Waals surface area contributed by atoms with Crippen LogP contribution in [0.3, 0.4) is 0 Å². The summed E-state index contributed by atoms with van der Waals surface area (Å²) >= 11 is 0. The molecule has 0 spiro atoms. The van der Waals surface area contributed by atoms with E-state index in [4.69, 9.17) is 0 Å². The van der Waals surface area contributed by atoms with E-state index in [-0.39, 0.29) is 35.1 Å². The van der Waals surface area contributed by atoms with Crippen molar-refractivity contribution in [1.29, 1.82) is 0 Å². The number of rotatable bonds is 8. The molecular weight excluding hydrogens is 382 g/mol. The quantitative estimate of drug-likeness (QED) is 0.376. The van der Waals surface area contributed by atoms with Gasteiger partial charge in [0.1, 0.15) is 5.69 Å². The molecule has 1 aliphatic heterocycles. The molecule has 1 saturated heterocycles. The van der Waals surface area contributed by atoms with Crippen LogP contribution < -0.4 is 4.90 Å². The maximum Gasteiger partial charge on any atom is 0.292 e. The number of anilines is 1. The number of hydrogen-bond donors (Lipinski definition) is 0. The molecule has 2 aromatic rings. The van der Waals surface area contributed by atoms with Gasteiger partial charge in [0.25, 0.3) is 5.69 Å². The number of hydrogen-bond acceptors (Lipinski definition) is 5. The number of aryl methyl sites for hydroxylation is 1. The Bertz CT molecular complexity index is 903. The fourth-order valence-corrected chi connectivity index (χ4v) is 3.75. The number of piperazine rings is 1. The second kappa shape index (κ2) is 10.0. The molecule has 0 aliphatic carbocycles. The highest BCUT2D eigenvalue weighted by Gasteiger charge is 2.25. The zero-order valence-corrected chi connectivity index (χ0v) is 17.3. The molecule has 2 aromatic carbocycles. The van der Waals surface area contributed by atoms with E-state index in [9.17, 15) is 19.7 Å². The monoisotopic (exact) mass is 409 g/mol. The second-order valence-electron chi connectivity index (χ2n) is 7.48. The van der Waals surface area contributed by atoms with Gasteiger partial charge in [-0.15, -0.1) is 0 Å². The van der Waals surface area contributed by atoms with Crippen molar-refractivity contribution in [1.82, 2.24) is 4.90 Å². The summed E-state index contributed by atoms with van der Waals surface area (Å²) in [5, 5.41) is 11.2. The highest BCUT2D eigenvalue weighted by atomic mass is 16.6. The molecule has 0 N–H and O–H groups in total. The lowest BCUT2D eigenvalue weighted by molar-refractivity contribution is -0.384. The third-order valence-electron chi connectivity index (χ3n) is 5.43. The minimum Gasteiger partial charge on any atom is -0.362 e. The Balaban J connectivity index is 1.50. The molecule has 158 valence electrons. The molecule has 0 atom stereocenters. The first-order valence-corrected chi connectivity index (χ1v) is 10.4. The van der Waals surface area contributed by atoms with Crippen molar-refractivity contribution in [2.24, 2.45) is 0 Å². The summed E-state index contributed by atoms with van der Waals surface area (Å²) in [7, 11) is 0. The van der Waals surface area contributed by atoms with Crippen LogP contribution in [0.5, 0.6) is 0 Å². The average molecular weight is 409 g/mol. The highest BCUT2D eigenvalue weighted by Crippen LogP contribution is 2.28.